The molecule has 0 fully saturated rings. The van der Waals surface area contributed by atoms with Gasteiger partial charge in [-0.25, -0.2) is 0 Å². The first-order chi connectivity index (χ1) is 30.2. The van der Waals surface area contributed by atoms with Crippen LogP contribution in [0.1, 0.15) is 226 Å². The fourth-order valence-electron chi connectivity index (χ4n) is 7.11. The molecule has 0 aliphatic carbocycles. The number of hydrogen-bond acceptors (Lipinski definition) is 3. The van der Waals surface area contributed by atoms with Gasteiger partial charge in [0.25, 0.3) is 0 Å². The quantitative estimate of drug-likeness (QED) is 0.0422. The van der Waals surface area contributed by atoms with Gasteiger partial charge >= 0.3 is 0 Å². The second kappa shape index (κ2) is 51.4. The van der Waals surface area contributed by atoms with Gasteiger partial charge in [-0.2, -0.15) is 0 Å². The van der Waals surface area contributed by atoms with Crippen LogP contribution in [0.5, 0.6) is 0 Å². The number of carbonyl (C=O) groups excluding carboxylic acids is 1. The highest BCUT2D eigenvalue weighted by atomic mass is 16.3. The fraction of sp³-hybridized carbons (Fsp3) is 0.667. The van der Waals surface area contributed by atoms with Crippen molar-refractivity contribution in [1.29, 1.82) is 0 Å². The molecule has 4 nitrogen and oxygen atoms in total. The van der Waals surface area contributed by atoms with Crippen LogP contribution in [0.15, 0.2) is 109 Å². The highest BCUT2D eigenvalue weighted by molar-refractivity contribution is 5.76. The lowest BCUT2D eigenvalue weighted by atomic mass is 10.0. The van der Waals surface area contributed by atoms with Crippen molar-refractivity contribution in [3.05, 3.63) is 109 Å². The Kier molecular flexibility index (Phi) is 48.9. The third kappa shape index (κ3) is 47.9. The second-order valence-corrected chi connectivity index (χ2v) is 16.8. The van der Waals surface area contributed by atoms with Gasteiger partial charge in [-0.1, -0.05) is 239 Å². The number of rotatable bonds is 45. The molecule has 0 rings (SSSR count). The van der Waals surface area contributed by atoms with E-state index >= 15 is 0 Å². The standard InChI is InChI=1S/C57H97NO3/c1-3-5-7-9-11-13-15-17-19-21-23-25-27-29-31-33-35-37-39-41-43-45-47-49-51-53-57(61)58-55(54-59)56(60)52-50-48-46-44-42-40-38-36-34-32-30-28-26-24-22-20-18-16-14-12-10-8-6-4-2/h5,7,11,13,17,19,23,25,29,31,35,37,41-44,50,52,55-56,59-60H,3-4,6,8-10,12,14-16,18,20-22,24,26-28,30,32-34,36,38-40,45-49,51,53-54H2,1-2H3,(H,58,61)/b7-5-,13-11-,19-17-,25-23-,31-29-,37-35-,43-41-,44-42+,52-50+. The highest BCUT2D eigenvalue weighted by Crippen LogP contribution is 2.15. The topological polar surface area (TPSA) is 69.6 Å². The molecule has 1 amide bonds. The van der Waals surface area contributed by atoms with Gasteiger partial charge in [0.05, 0.1) is 18.8 Å². The molecule has 0 aliphatic heterocycles. The van der Waals surface area contributed by atoms with Crippen LogP contribution in [0.2, 0.25) is 0 Å². The zero-order valence-corrected chi connectivity index (χ0v) is 39.9. The smallest absolute Gasteiger partial charge is 0.220 e. The molecule has 0 radical (unpaired) electrons. The molecule has 0 aliphatic rings. The average Bonchev–Trinajstić information content (AvgIpc) is 3.26. The molecule has 2 atom stereocenters. The van der Waals surface area contributed by atoms with Gasteiger partial charge in [0.1, 0.15) is 0 Å². The first kappa shape index (κ1) is 58.0. The largest absolute Gasteiger partial charge is 0.394 e. The van der Waals surface area contributed by atoms with E-state index in [1.54, 1.807) is 6.08 Å². The van der Waals surface area contributed by atoms with Gasteiger partial charge in [0.15, 0.2) is 0 Å². The Morgan fingerprint density at radius 2 is 0.738 bits per heavy atom. The molecule has 0 bridgehead atoms. The molecule has 4 heteroatoms. The average molecular weight is 844 g/mol. The van der Waals surface area contributed by atoms with Gasteiger partial charge in [0, 0.05) is 6.42 Å². The Hall–Kier alpha value is -2.95. The maximum Gasteiger partial charge on any atom is 0.220 e. The summed E-state index contributed by atoms with van der Waals surface area (Å²) >= 11 is 0. The van der Waals surface area contributed by atoms with Crippen molar-refractivity contribution in [2.45, 2.75) is 238 Å². The second-order valence-electron chi connectivity index (χ2n) is 16.8. The van der Waals surface area contributed by atoms with E-state index in [-0.39, 0.29) is 12.5 Å². The van der Waals surface area contributed by atoms with E-state index in [1.807, 2.05) is 6.08 Å². The lowest BCUT2D eigenvalue weighted by Gasteiger charge is -2.19. The number of allylic oxidation sites excluding steroid dienone is 17. The summed E-state index contributed by atoms with van der Waals surface area (Å²) in [7, 11) is 0. The third-order valence-electron chi connectivity index (χ3n) is 11.0. The predicted octanol–water partition coefficient (Wildman–Crippen LogP) is 16.7. The van der Waals surface area contributed by atoms with Crippen molar-refractivity contribution in [2.24, 2.45) is 0 Å². The minimum absolute atomic E-state index is 0.109. The van der Waals surface area contributed by atoms with Crippen molar-refractivity contribution in [3.63, 3.8) is 0 Å². The van der Waals surface area contributed by atoms with Gasteiger partial charge in [-0.05, 0) is 89.9 Å². The monoisotopic (exact) mass is 844 g/mol. The molecule has 0 spiro atoms. The van der Waals surface area contributed by atoms with E-state index in [1.165, 1.54) is 116 Å². The van der Waals surface area contributed by atoms with Crippen LogP contribution in [0.4, 0.5) is 0 Å². The minimum Gasteiger partial charge on any atom is -0.394 e. The summed E-state index contributed by atoms with van der Waals surface area (Å²) in [4.78, 5) is 12.4. The molecule has 0 aromatic heterocycles. The first-order valence-corrected chi connectivity index (χ1v) is 25.6. The van der Waals surface area contributed by atoms with Crippen molar-refractivity contribution >= 4 is 5.91 Å². The fourth-order valence-corrected chi connectivity index (χ4v) is 7.11. The summed E-state index contributed by atoms with van der Waals surface area (Å²) in [5.74, 6) is -0.109. The molecule has 0 aromatic carbocycles. The molecular formula is C57H97NO3. The molecule has 0 heterocycles. The number of hydrogen-bond donors (Lipinski definition) is 3. The van der Waals surface area contributed by atoms with E-state index in [2.05, 4.69) is 116 Å². The summed E-state index contributed by atoms with van der Waals surface area (Å²) < 4.78 is 0. The van der Waals surface area contributed by atoms with Crippen molar-refractivity contribution in [3.8, 4) is 0 Å². The molecule has 0 saturated heterocycles. The van der Waals surface area contributed by atoms with E-state index in [9.17, 15) is 15.0 Å². The zero-order chi connectivity index (χ0) is 44.2. The van der Waals surface area contributed by atoms with Crippen molar-refractivity contribution in [1.82, 2.24) is 5.32 Å². The number of amides is 1. The van der Waals surface area contributed by atoms with Crippen LogP contribution in [0.25, 0.3) is 0 Å². The third-order valence-corrected chi connectivity index (χ3v) is 11.0. The molecule has 0 saturated carbocycles. The van der Waals surface area contributed by atoms with Gasteiger partial charge in [0.2, 0.25) is 5.91 Å². The summed E-state index contributed by atoms with van der Waals surface area (Å²) in [5.41, 5.74) is 0. The van der Waals surface area contributed by atoms with E-state index in [0.717, 1.165) is 89.9 Å². The Labute approximate surface area is 378 Å². The molecule has 0 aromatic rings. The number of aliphatic hydroxyl groups excluding tert-OH is 2. The van der Waals surface area contributed by atoms with E-state index in [0.29, 0.717) is 6.42 Å². The Bertz CT molecular complexity index is 1180. The normalized spacial score (nSPS) is 13.8. The molecular weight excluding hydrogens is 747 g/mol. The van der Waals surface area contributed by atoms with Crippen LogP contribution in [-0.2, 0) is 4.79 Å². The zero-order valence-electron chi connectivity index (χ0n) is 39.9. The molecule has 61 heavy (non-hydrogen) atoms. The summed E-state index contributed by atoms with van der Waals surface area (Å²) in [6.07, 6.45) is 77.9. The van der Waals surface area contributed by atoms with Crippen LogP contribution < -0.4 is 5.32 Å². The molecule has 3 N–H and O–H groups in total. The highest BCUT2D eigenvalue weighted by Gasteiger charge is 2.17. The van der Waals surface area contributed by atoms with Crippen LogP contribution in [0, 0.1) is 0 Å². The van der Waals surface area contributed by atoms with Gasteiger partial charge in [-0.15, -0.1) is 0 Å². The molecule has 2 unspecified atom stereocenters. The van der Waals surface area contributed by atoms with Crippen LogP contribution in [-0.4, -0.2) is 34.9 Å². The lowest BCUT2D eigenvalue weighted by molar-refractivity contribution is -0.123. The number of nitrogens with one attached hydrogen (secondary N) is 1. The minimum atomic E-state index is -0.885. The molecule has 348 valence electrons. The Morgan fingerprint density at radius 3 is 1.15 bits per heavy atom. The summed E-state index contributed by atoms with van der Waals surface area (Å²) in [5, 5.41) is 23.1. The number of aliphatic hydroxyl groups is 2. The maximum absolute atomic E-state index is 12.4. The number of carbonyl (C=O) groups is 1. The maximum atomic E-state index is 12.4. The van der Waals surface area contributed by atoms with Crippen molar-refractivity contribution < 1.29 is 15.0 Å². The SMILES string of the molecule is CC/C=C\C/C=C\C/C=C\C/C=C\C/C=C\C/C=C\C/C=C\CCCCCC(=O)NC(CO)C(O)/C=C/CC/C=C/CCCCCCCCCCCCCCCCCCCC. The summed E-state index contributed by atoms with van der Waals surface area (Å²) in [6.45, 7) is 4.17. The number of unbranched alkanes of at least 4 members (excludes halogenated alkanes) is 22. The summed E-state index contributed by atoms with van der Waals surface area (Å²) in [6, 6.07) is -0.666. The van der Waals surface area contributed by atoms with Crippen LogP contribution in [0.3, 0.4) is 0 Å². The lowest BCUT2D eigenvalue weighted by Crippen LogP contribution is -2.45. The van der Waals surface area contributed by atoms with E-state index < -0.39 is 12.1 Å². The Balaban J connectivity index is 3.70. The van der Waals surface area contributed by atoms with Gasteiger partial charge in [-0.3, -0.25) is 4.79 Å². The predicted molar refractivity (Wildman–Crippen MR) is 271 cm³/mol. The van der Waals surface area contributed by atoms with Crippen molar-refractivity contribution in [2.75, 3.05) is 6.61 Å². The van der Waals surface area contributed by atoms with E-state index in [4.69, 9.17) is 0 Å². The van der Waals surface area contributed by atoms with Crippen LogP contribution >= 0.6 is 0 Å². The Morgan fingerprint density at radius 1 is 0.410 bits per heavy atom. The first-order valence-electron chi connectivity index (χ1n) is 25.6. The van der Waals surface area contributed by atoms with Gasteiger partial charge < -0.3 is 15.5 Å².